The van der Waals surface area contributed by atoms with E-state index in [1.807, 2.05) is 0 Å². The molecule has 0 aromatic heterocycles. The van der Waals surface area contributed by atoms with E-state index in [4.69, 9.17) is 0 Å². The first-order chi connectivity index (χ1) is 9.58. The molecule has 2 radical (unpaired) electrons. The molecule has 21 heavy (non-hydrogen) atoms. The summed E-state index contributed by atoms with van der Waals surface area (Å²) in [6.45, 7) is 9.38. The zero-order valence-electron chi connectivity index (χ0n) is 13.9. The minimum atomic E-state index is -0.0870. The normalized spacial score (nSPS) is 9.81. The first-order valence-electron chi connectivity index (χ1n) is 7.24. The Bertz CT molecular complexity index is 410. The van der Waals surface area contributed by atoms with Crippen LogP contribution in [0.5, 0.6) is 0 Å². The molecular formula is C18H26HgSi2. The molecule has 0 heterocycles. The predicted octanol–water partition coefficient (Wildman–Crippen LogP) is 5.04. The van der Waals surface area contributed by atoms with Crippen molar-refractivity contribution in [2.24, 2.45) is 0 Å². The molecule has 0 aliphatic rings. The number of hydrogen-bond donors (Lipinski definition) is 0. The second kappa shape index (κ2) is 12.4. The molecule has 2 aromatic carbocycles. The van der Waals surface area contributed by atoms with Crippen molar-refractivity contribution < 1.29 is 27.7 Å². The monoisotopic (exact) mass is 500 g/mol. The number of benzene rings is 2. The van der Waals surface area contributed by atoms with Gasteiger partial charge in [-0.3, -0.25) is 0 Å². The Morgan fingerprint density at radius 1 is 0.571 bits per heavy atom. The van der Waals surface area contributed by atoms with Crippen molar-refractivity contribution >= 4 is 17.6 Å². The average molecular weight is 499 g/mol. The predicted molar refractivity (Wildman–Crippen MR) is 95.3 cm³/mol. The minimum absolute atomic E-state index is 0. The summed E-state index contributed by atoms with van der Waals surface area (Å²) in [5.41, 5.74) is 2.97. The maximum Gasteiger partial charge on any atom is 0.0460 e. The number of hydrogen-bond acceptors (Lipinski definition) is 0. The molecule has 0 nitrogen and oxygen atoms in total. The van der Waals surface area contributed by atoms with Crippen LogP contribution < -0.4 is 0 Å². The Hall–Kier alpha value is -0.191. The molecule has 0 amide bonds. The van der Waals surface area contributed by atoms with Crippen molar-refractivity contribution in [3.63, 3.8) is 0 Å². The van der Waals surface area contributed by atoms with Crippen molar-refractivity contribution in [3.05, 3.63) is 71.8 Å². The summed E-state index contributed by atoms with van der Waals surface area (Å²) < 4.78 is 0. The van der Waals surface area contributed by atoms with E-state index in [9.17, 15) is 0 Å². The van der Waals surface area contributed by atoms with Crippen LogP contribution in [0.4, 0.5) is 0 Å². The molecular weight excluding hydrogens is 473 g/mol. The topological polar surface area (TPSA) is 0 Å². The first kappa shape index (κ1) is 20.8. The molecule has 0 atom stereocenters. The Morgan fingerprint density at radius 3 is 1.10 bits per heavy atom. The van der Waals surface area contributed by atoms with E-state index in [-0.39, 0.29) is 45.3 Å². The van der Waals surface area contributed by atoms with Gasteiger partial charge in [0.15, 0.2) is 0 Å². The van der Waals surface area contributed by atoms with Crippen LogP contribution in [-0.4, -0.2) is 17.6 Å². The Labute approximate surface area is 154 Å². The summed E-state index contributed by atoms with van der Waals surface area (Å²) in [4.78, 5) is 0. The molecule has 108 valence electrons. The third-order valence-electron chi connectivity index (χ3n) is 2.80. The summed E-state index contributed by atoms with van der Waals surface area (Å²) in [5.74, 6) is 0. The largest absolute Gasteiger partial charge is 0.0710 e. The van der Waals surface area contributed by atoms with E-state index in [1.165, 1.54) is 23.2 Å². The van der Waals surface area contributed by atoms with Crippen molar-refractivity contribution in [3.8, 4) is 0 Å². The zero-order valence-corrected chi connectivity index (χ0v) is 21.4. The zero-order chi connectivity index (χ0) is 14.8. The Morgan fingerprint density at radius 2 is 0.857 bits per heavy atom. The second-order valence-electron chi connectivity index (χ2n) is 5.74. The minimum Gasteiger partial charge on any atom is -0.0710 e. The second-order valence-corrected chi connectivity index (χ2v) is 11.3. The molecule has 0 bridgehead atoms. The molecule has 0 N–H and O–H groups in total. The maximum absolute atomic E-state index is 2.34. The molecule has 0 aliphatic heterocycles. The van der Waals surface area contributed by atoms with Gasteiger partial charge >= 0.3 is 0 Å². The van der Waals surface area contributed by atoms with Crippen molar-refractivity contribution in [2.75, 3.05) is 0 Å². The molecule has 3 heteroatoms. The van der Waals surface area contributed by atoms with Crippen LogP contribution in [0, 0.1) is 0 Å². The Kier molecular flexibility index (Phi) is 12.2. The third kappa shape index (κ3) is 11.1. The summed E-state index contributed by atoms with van der Waals surface area (Å²) in [6, 6.07) is 24.0. The van der Waals surface area contributed by atoms with E-state index in [0.29, 0.717) is 0 Å². The average Bonchev–Trinajstić information content (AvgIpc) is 2.40. The van der Waals surface area contributed by atoms with Crippen LogP contribution in [-0.2, 0) is 39.8 Å². The van der Waals surface area contributed by atoms with Crippen LogP contribution in [0.15, 0.2) is 60.7 Å². The van der Waals surface area contributed by atoms with E-state index in [1.54, 1.807) is 0 Å². The summed E-state index contributed by atoms with van der Waals surface area (Å²) in [5, 5.41) is 0. The molecule has 0 spiro atoms. The number of rotatable bonds is 4. The van der Waals surface area contributed by atoms with Gasteiger partial charge in [0.1, 0.15) is 0 Å². The van der Waals surface area contributed by atoms with Gasteiger partial charge in [0.25, 0.3) is 0 Å². The van der Waals surface area contributed by atoms with Gasteiger partial charge in [0.05, 0.1) is 0 Å². The van der Waals surface area contributed by atoms with E-state index >= 15 is 0 Å². The summed E-state index contributed by atoms with van der Waals surface area (Å²) >= 11 is 0. The fraction of sp³-hybridized carbons (Fsp3) is 0.333. The van der Waals surface area contributed by atoms with E-state index < -0.39 is 0 Å². The molecule has 0 unspecified atom stereocenters. The smallest absolute Gasteiger partial charge is 0.0460 e. The van der Waals surface area contributed by atoms with Gasteiger partial charge in [0, 0.05) is 45.3 Å². The van der Waals surface area contributed by atoms with Gasteiger partial charge in [-0.05, 0) is 12.1 Å². The van der Waals surface area contributed by atoms with Gasteiger partial charge in [-0.2, -0.15) is 0 Å². The Balaban J connectivity index is 0.000000364. The van der Waals surface area contributed by atoms with E-state index in [2.05, 4.69) is 86.9 Å². The molecule has 0 fully saturated rings. The standard InChI is InChI=1S/2C9H13Si.Hg/c2*1-10(2)8-9-6-4-3-5-7-9;/h2*3-7H,8H2,1-2H3;. The quantitative estimate of drug-likeness (QED) is 0.518. The first-order valence-corrected chi connectivity index (χ1v) is 12.6. The van der Waals surface area contributed by atoms with Gasteiger partial charge in [0.2, 0.25) is 0 Å². The van der Waals surface area contributed by atoms with Crippen molar-refractivity contribution in [1.82, 2.24) is 0 Å². The van der Waals surface area contributed by atoms with Crippen LogP contribution >= 0.6 is 0 Å². The van der Waals surface area contributed by atoms with Gasteiger partial charge in [-0.15, -0.1) is 0 Å². The third-order valence-corrected chi connectivity index (χ3v) is 5.03. The van der Waals surface area contributed by atoms with Crippen molar-refractivity contribution in [2.45, 2.75) is 38.3 Å². The van der Waals surface area contributed by atoms with Gasteiger partial charge in [-0.25, -0.2) is 0 Å². The molecule has 0 aliphatic carbocycles. The van der Waals surface area contributed by atoms with Crippen molar-refractivity contribution in [1.29, 1.82) is 0 Å². The maximum atomic E-state index is 2.34. The SMILES string of the molecule is C[Si](C)Cc1ccccc1.C[Si](C)Cc1ccccc1.[Hg]. The van der Waals surface area contributed by atoms with Gasteiger partial charge in [-0.1, -0.05) is 98.0 Å². The van der Waals surface area contributed by atoms with Crippen LogP contribution in [0.2, 0.25) is 26.2 Å². The fourth-order valence-electron chi connectivity index (χ4n) is 2.01. The van der Waals surface area contributed by atoms with Gasteiger partial charge < -0.3 is 0 Å². The van der Waals surface area contributed by atoms with Crippen LogP contribution in [0.3, 0.4) is 0 Å². The van der Waals surface area contributed by atoms with Crippen LogP contribution in [0.25, 0.3) is 0 Å². The van der Waals surface area contributed by atoms with E-state index in [0.717, 1.165) is 0 Å². The molecule has 2 rings (SSSR count). The summed E-state index contributed by atoms with van der Waals surface area (Å²) in [7, 11) is -0.174. The molecule has 2 aromatic rings. The molecule has 0 saturated heterocycles. The van der Waals surface area contributed by atoms with Crippen LogP contribution in [0.1, 0.15) is 11.1 Å². The summed E-state index contributed by atoms with van der Waals surface area (Å²) in [6.07, 6.45) is 0. The fourth-order valence-corrected chi connectivity index (χ4v) is 4.11. The molecule has 0 saturated carbocycles.